The number of thiazole rings is 1. The molecule has 13 heavy (non-hydrogen) atoms. The molecule has 4 heteroatoms. The van der Waals surface area contributed by atoms with Crippen molar-refractivity contribution in [3.63, 3.8) is 0 Å². The number of nitrogens with zero attached hydrogens (tertiary/aromatic N) is 1. The molecule has 3 nitrogen and oxygen atoms in total. The van der Waals surface area contributed by atoms with Crippen molar-refractivity contribution in [2.24, 2.45) is 0 Å². The van der Waals surface area contributed by atoms with Gasteiger partial charge in [0.25, 0.3) is 0 Å². The van der Waals surface area contributed by atoms with Crippen molar-refractivity contribution in [2.45, 2.75) is 26.4 Å². The summed E-state index contributed by atoms with van der Waals surface area (Å²) in [5.41, 5.74) is 1.11. The van der Waals surface area contributed by atoms with E-state index in [0.717, 1.165) is 18.8 Å². The van der Waals surface area contributed by atoms with E-state index in [-0.39, 0.29) is 0 Å². The second-order valence-corrected chi connectivity index (χ2v) is 4.15. The zero-order valence-corrected chi connectivity index (χ0v) is 9.24. The number of rotatable bonds is 5. The van der Waals surface area contributed by atoms with Gasteiger partial charge in [0.05, 0.1) is 0 Å². The zero-order valence-electron chi connectivity index (χ0n) is 8.42. The first-order chi connectivity index (χ1) is 6.22. The molecule has 0 spiro atoms. The van der Waals surface area contributed by atoms with E-state index in [1.54, 1.807) is 11.3 Å². The minimum absolute atomic E-state index is 0.515. The van der Waals surface area contributed by atoms with Crippen LogP contribution in [-0.2, 0) is 6.54 Å². The summed E-state index contributed by atoms with van der Waals surface area (Å²) >= 11 is 1.71. The van der Waals surface area contributed by atoms with E-state index < -0.39 is 0 Å². The Bertz CT molecular complexity index is 247. The third-order valence-electron chi connectivity index (χ3n) is 1.89. The lowest BCUT2D eigenvalue weighted by molar-refractivity contribution is 0.540. The molecular formula is C9H17N3S. The minimum atomic E-state index is 0.515. The number of nitrogens with one attached hydrogen (secondary N) is 2. The lowest BCUT2D eigenvalue weighted by Gasteiger charge is -2.09. The second kappa shape index (κ2) is 5.32. The van der Waals surface area contributed by atoms with E-state index in [0.29, 0.717) is 6.04 Å². The molecule has 0 aliphatic heterocycles. The van der Waals surface area contributed by atoms with Crippen LogP contribution >= 0.6 is 11.3 Å². The number of hydrogen-bond acceptors (Lipinski definition) is 4. The summed E-state index contributed by atoms with van der Waals surface area (Å²) in [6.45, 7) is 6.04. The standard InChI is InChI=1S/C9H17N3S/c1-7(10-3)4-11-5-9-12-8(2)6-13-9/h6-7,10-11H,4-5H2,1-3H3. The second-order valence-electron chi connectivity index (χ2n) is 3.20. The van der Waals surface area contributed by atoms with Crippen LogP contribution in [0.1, 0.15) is 17.6 Å². The van der Waals surface area contributed by atoms with Gasteiger partial charge in [-0.15, -0.1) is 11.3 Å². The molecule has 0 saturated carbocycles. The molecule has 0 aromatic carbocycles. The number of likely N-dealkylation sites (N-methyl/N-ethyl adjacent to an activating group) is 1. The first-order valence-electron chi connectivity index (χ1n) is 4.51. The fourth-order valence-electron chi connectivity index (χ4n) is 0.982. The number of aryl methyl sites for hydroxylation is 1. The molecule has 2 N–H and O–H groups in total. The summed E-state index contributed by atoms with van der Waals surface area (Å²) in [5.74, 6) is 0. The molecule has 0 aliphatic rings. The van der Waals surface area contributed by atoms with Gasteiger partial charge in [-0.3, -0.25) is 0 Å². The van der Waals surface area contributed by atoms with Crippen LogP contribution in [0.5, 0.6) is 0 Å². The third kappa shape index (κ3) is 3.85. The Morgan fingerprint density at radius 2 is 2.38 bits per heavy atom. The van der Waals surface area contributed by atoms with Gasteiger partial charge in [-0.05, 0) is 20.9 Å². The SMILES string of the molecule is CNC(C)CNCc1nc(C)cs1. The van der Waals surface area contributed by atoms with E-state index in [2.05, 4.69) is 27.9 Å². The summed E-state index contributed by atoms with van der Waals surface area (Å²) in [7, 11) is 1.97. The molecule has 74 valence electrons. The van der Waals surface area contributed by atoms with E-state index >= 15 is 0 Å². The molecule has 0 fully saturated rings. The van der Waals surface area contributed by atoms with Crippen molar-refractivity contribution in [1.82, 2.24) is 15.6 Å². The smallest absolute Gasteiger partial charge is 0.107 e. The highest BCUT2D eigenvalue weighted by Crippen LogP contribution is 2.07. The van der Waals surface area contributed by atoms with Crippen LogP contribution in [0, 0.1) is 6.92 Å². The summed E-state index contributed by atoms with van der Waals surface area (Å²) in [4.78, 5) is 4.37. The Hall–Kier alpha value is -0.450. The van der Waals surface area contributed by atoms with Crippen LogP contribution in [-0.4, -0.2) is 24.6 Å². The van der Waals surface area contributed by atoms with Crippen LogP contribution in [0.25, 0.3) is 0 Å². The Morgan fingerprint density at radius 3 is 2.92 bits per heavy atom. The van der Waals surface area contributed by atoms with Gasteiger partial charge in [-0.2, -0.15) is 0 Å². The maximum atomic E-state index is 4.37. The fourth-order valence-corrected chi connectivity index (χ4v) is 1.72. The molecule has 1 aromatic rings. The van der Waals surface area contributed by atoms with Gasteiger partial charge >= 0.3 is 0 Å². The van der Waals surface area contributed by atoms with Crippen molar-refractivity contribution in [1.29, 1.82) is 0 Å². The highest BCUT2D eigenvalue weighted by molar-refractivity contribution is 7.09. The monoisotopic (exact) mass is 199 g/mol. The molecule has 0 aliphatic carbocycles. The Morgan fingerprint density at radius 1 is 1.62 bits per heavy atom. The van der Waals surface area contributed by atoms with E-state index in [1.165, 1.54) is 5.01 Å². The largest absolute Gasteiger partial charge is 0.316 e. The van der Waals surface area contributed by atoms with Crippen molar-refractivity contribution in [3.8, 4) is 0 Å². The molecule has 0 bridgehead atoms. The summed E-state index contributed by atoms with van der Waals surface area (Å²) in [5, 5.41) is 9.78. The van der Waals surface area contributed by atoms with Gasteiger partial charge in [0.1, 0.15) is 5.01 Å². The average Bonchev–Trinajstić information content (AvgIpc) is 2.51. The maximum Gasteiger partial charge on any atom is 0.107 e. The molecule has 1 heterocycles. The first kappa shape index (κ1) is 10.6. The van der Waals surface area contributed by atoms with Crippen LogP contribution in [0.3, 0.4) is 0 Å². The maximum absolute atomic E-state index is 4.37. The molecule has 1 atom stereocenters. The van der Waals surface area contributed by atoms with E-state index in [9.17, 15) is 0 Å². The molecule has 1 unspecified atom stereocenters. The van der Waals surface area contributed by atoms with Gasteiger partial charge < -0.3 is 10.6 Å². The predicted molar refractivity (Wildman–Crippen MR) is 57.1 cm³/mol. The lowest BCUT2D eigenvalue weighted by Crippen LogP contribution is -2.33. The Kier molecular flexibility index (Phi) is 4.35. The number of hydrogen-bond donors (Lipinski definition) is 2. The van der Waals surface area contributed by atoms with Crippen LogP contribution in [0.15, 0.2) is 5.38 Å². The molecular weight excluding hydrogens is 182 g/mol. The topological polar surface area (TPSA) is 37.0 Å². The van der Waals surface area contributed by atoms with Crippen molar-refractivity contribution in [2.75, 3.05) is 13.6 Å². The molecule has 0 saturated heterocycles. The van der Waals surface area contributed by atoms with Gasteiger partial charge in [0.15, 0.2) is 0 Å². The third-order valence-corrected chi connectivity index (χ3v) is 2.85. The zero-order chi connectivity index (χ0) is 9.68. The first-order valence-corrected chi connectivity index (χ1v) is 5.39. The van der Waals surface area contributed by atoms with Crippen molar-refractivity contribution in [3.05, 3.63) is 16.1 Å². The molecule has 1 rings (SSSR count). The van der Waals surface area contributed by atoms with Crippen molar-refractivity contribution < 1.29 is 0 Å². The number of aromatic nitrogens is 1. The lowest BCUT2D eigenvalue weighted by atomic mass is 10.3. The van der Waals surface area contributed by atoms with E-state index in [4.69, 9.17) is 0 Å². The fraction of sp³-hybridized carbons (Fsp3) is 0.667. The van der Waals surface area contributed by atoms with Gasteiger partial charge in [0.2, 0.25) is 0 Å². The molecule has 0 amide bonds. The quantitative estimate of drug-likeness (QED) is 0.747. The van der Waals surface area contributed by atoms with Crippen LogP contribution in [0.4, 0.5) is 0 Å². The Labute approximate surface area is 83.6 Å². The molecule has 1 aromatic heterocycles. The van der Waals surface area contributed by atoms with Gasteiger partial charge in [0, 0.05) is 30.2 Å². The van der Waals surface area contributed by atoms with E-state index in [1.807, 2.05) is 14.0 Å². The van der Waals surface area contributed by atoms with Gasteiger partial charge in [-0.25, -0.2) is 4.98 Å². The van der Waals surface area contributed by atoms with Crippen LogP contribution in [0.2, 0.25) is 0 Å². The summed E-state index contributed by atoms with van der Waals surface area (Å²) in [6.07, 6.45) is 0. The Balaban J connectivity index is 2.20. The highest BCUT2D eigenvalue weighted by atomic mass is 32.1. The predicted octanol–water partition coefficient (Wildman–Crippen LogP) is 1.15. The minimum Gasteiger partial charge on any atom is -0.316 e. The molecule has 0 radical (unpaired) electrons. The van der Waals surface area contributed by atoms with Crippen LogP contribution < -0.4 is 10.6 Å². The normalized spacial score (nSPS) is 13.2. The summed E-state index contributed by atoms with van der Waals surface area (Å²) < 4.78 is 0. The average molecular weight is 199 g/mol. The van der Waals surface area contributed by atoms with Gasteiger partial charge in [-0.1, -0.05) is 0 Å². The summed E-state index contributed by atoms with van der Waals surface area (Å²) in [6, 6.07) is 0.515. The van der Waals surface area contributed by atoms with Crippen molar-refractivity contribution >= 4 is 11.3 Å². The highest BCUT2D eigenvalue weighted by Gasteiger charge is 1.99.